The van der Waals surface area contributed by atoms with E-state index >= 15 is 0 Å². The number of rotatable bonds is 9. The van der Waals surface area contributed by atoms with Crippen LogP contribution in [0.5, 0.6) is 0 Å². The van der Waals surface area contributed by atoms with Crippen LogP contribution < -0.4 is 16.2 Å². The molecule has 2 aliphatic rings. The predicted molar refractivity (Wildman–Crippen MR) is 138 cm³/mol. The Morgan fingerprint density at radius 1 is 1.17 bits per heavy atom. The number of ether oxygens (including phenoxy) is 2. The van der Waals surface area contributed by atoms with E-state index in [1.807, 2.05) is 0 Å². The van der Waals surface area contributed by atoms with E-state index in [4.69, 9.17) is 14.5 Å². The molecule has 0 unspecified atom stereocenters. The van der Waals surface area contributed by atoms with Crippen LogP contribution in [0.25, 0.3) is 10.9 Å². The van der Waals surface area contributed by atoms with E-state index < -0.39 is 0 Å². The van der Waals surface area contributed by atoms with Crippen molar-refractivity contribution in [1.82, 2.24) is 19.9 Å². The van der Waals surface area contributed by atoms with Crippen molar-refractivity contribution < 1.29 is 19.1 Å². The zero-order valence-corrected chi connectivity index (χ0v) is 21.2. The molecule has 36 heavy (non-hydrogen) atoms. The molecule has 2 atom stereocenters. The molecule has 0 bridgehead atoms. The average molecular weight is 530 g/mol. The van der Waals surface area contributed by atoms with Crippen LogP contribution in [0.2, 0.25) is 0 Å². The summed E-state index contributed by atoms with van der Waals surface area (Å²) in [5, 5.41) is 8.77. The third-order valence-electron chi connectivity index (χ3n) is 6.12. The number of nitrogens with zero attached hydrogens (tertiary/aromatic N) is 3. The second kappa shape index (κ2) is 11.5. The van der Waals surface area contributed by atoms with Gasteiger partial charge in [-0.3, -0.25) is 19.0 Å². The average Bonchev–Trinajstić information content (AvgIpc) is 3.67. The maximum atomic E-state index is 13.4. The number of hydrogen-bond donors (Lipinski definition) is 2. The monoisotopic (exact) mass is 529 g/mol. The first-order chi connectivity index (χ1) is 17.6. The van der Waals surface area contributed by atoms with Gasteiger partial charge >= 0.3 is 0 Å². The maximum Gasteiger partial charge on any atom is 0.262 e. The van der Waals surface area contributed by atoms with Gasteiger partial charge in [0.2, 0.25) is 5.91 Å². The Morgan fingerprint density at radius 2 is 1.97 bits per heavy atom. The van der Waals surface area contributed by atoms with Crippen LogP contribution in [0.15, 0.2) is 39.7 Å². The number of benzene rings is 1. The first kappa shape index (κ1) is 24.9. The Bertz CT molecular complexity index is 1280. The molecule has 2 aliphatic heterocycles. The van der Waals surface area contributed by atoms with E-state index in [9.17, 15) is 14.4 Å². The van der Waals surface area contributed by atoms with E-state index in [2.05, 4.69) is 15.6 Å². The minimum atomic E-state index is -0.241. The van der Waals surface area contributed by atoms with Crippen LogP contribution in [0.3, 0.4) is 0 Å². The van der Waals surface area contributed by atoms with Gasteiger partial charge < -0.3 is 20.1 Å². The van der Waals surface area contributed by atoms with Crippen LogP contribution in [0.1, 0.15) is 36.0 Å². The van der Waals surface area contributed by atoms with Crippen molar-refractivity contribution in [2.24, 2.45) is 0 Å². The summed E-state index contributed by atoms with van der Waals surface area (Å²) in [4.78, 5) is 47.4. The molecule has 5 rings (SSSR count). The molecule has 2 saturated heterocycles. The first-order valence-electron chi connectivity index (χ1n) is 11.9. The topological polar surface area (TPSA) is 124 Å². The highest BCUT2D eigenvalue weighted by atomic mass is 32.2. The normalized spacial score (nSPS) is 19.6. The van der Waals surface area contributed by atoms with E-state index in [1.54, 1.807) is 34.3 Å². The van der Waals surface area contributed by atoms with Gasteiger partial charge in [0.15, 0.2) is 10.3 Å². The smallest absolute Gasteiger partial charge is 0.262 e. The summed E-state index contributed by atoms with van der Waals surface area (Å²) in [7, 11) is 0. The van der Waals surface area contributed by atoms with Crippen LogP contribution in [0.4, 0.5) is 5.13 Å². The number of thiazole rings is 1. The summed E-state index contributed by atoms with van der Waals surface area (Å²) < 4.78 is 12.9. The van der Waals surface area contributed by atoms with Crippen molar-refractivity contribution in [3.05, 3.63) is 45.7 Å². The standard InChI is InChI=1S/C24H27N5O5S2/c30-20(28-23-25-7-10-35-23)14-36-24-27-19-11-15(21(31)26-12-16-3-1-8-33-16)5-6-18(19)22(32)29(24)13-17-4-2-9-34-17/h5-7,10-11,16-17H,1-4,8-9,12-14H2,(H,26,31)(H,25,28,30)/t16-,17-/m0/s1. The third kappa shape index (κ3) is 5.94. The summed E-state index contributed by atoms with van der Waals surface area (Å²) in [5.41, 5.74) is 0.613. The lowest BCUT2D eigenvalue weighted by Crippen LogP contribution is -2.32. The zero-order chi connectivity index (χ0) is 24.9. The van der Waals surface area contributed by atoms with Crippen molar-refractivity contribution >= 4 is 50.9 Å². The predicted octanol–water partition coefficient (Wildman–Crippen LogP) is 2.67. The number of carbonyl (C=O) groups is 2. The van der Waals surface area contributed by atoms with Crippen LogP contribution >= 0.6 is 23.1 Å². The Kier molecular flexibility index (Phi) is 7.95. The molecule has 0 saturated carbocycles. The summed E-state index contributed by atoms with van der Waals surface area (Å²) in [6.07, 6.45) is 5.32. The molecule has 1 aromatic carbocycles. The number of nitrogens with one attached hydrogen (secondary N) is 2. The first-order valence-corrected chi connectivity index (χ1v) is 13.8. The van der Waals surface area contributed by atoms with Crippen LogP contribution in [-0.4, -0.2) is 64.1 Å². The SMILES string of the molecule is O=C(CSc1nc2cc(C(=O)NC[C@@H]3CCCO3)ccc2c(=O)n1C[C@@H]1CCCO1)Nc1nccs1. The lowest BCUT2D eigenvalue weighted by molar-refractivity contribution is -0.113. The molecule has 0 radical (unpaired) electrons. The summed E-state index contributed by atoms with van der Waals surface area (Å²) >= 11 is 2.51. The van der Waals surface area contributed by atoms with Crippen molar-refractivity contribution in [2.75, 3.05) is 30.8 Å². The lowest BCUT2D eigenvalue weighted by atomic mass is 10.1. The highest BCUT2D eigenvalue weighted by Crippen LogP contribution is 2.22. The number of carbonyl (C=O) groups excluding carboxylic acids is 2. The summed E-state index contributed by atoms with van der Waals surface area (Å²) in [5.74, 6) is -0.421. The molecular formula is C24H27N5O5S2. The Morgan fingerprint density at radius 3 is 2.69 bits per heavy atom. The van der Waals surface area contributed by atoms with Crippen LogP contribution in [-0.2, 0) is 20.8 Å². The molecule has 12 heteroatoms. The minimum Gasteiger partial charge on any atom is -0.376 e. The van der Waals surface area contributed by atoms with Gasteiger partial charge in [-0.25, -0.2) is 9.97 Å². The van der Waals surface area contributed by atoms with E-state index in [0.29, 0.717) is 46.5 Å². The highest BCUT2D eigenvalue weighted by molar-refractivity contribution is 7.99. The number of fused-ring (bicyclic) bond motifs is 1. The van der Waals surface area contributed by atoms with Gasteiger partial charge in [-0.05, 0) is 43.9 Å². The zero-order valence-electron chi connectivity index (χ0n) is 19.6. The van der Waals surface area contributed by atoms with E-state index in [0.717, 1.165) is 32.3 Å². The quantitative estimate of drug-likeness (QED) is 0.320. The Balaban J connectivity index is 1.38. The molecule has 0 aliphatic carbocycles. The van der Waals surface area contributed by atoms with Crippen molar-refractivity contribution in [3.8, 4) is 0 Å². The van der Waals surface area contributed by atoms with E-state index in [1.165, 1.54) is 23.1 Å². The van der Waals surface area contributed by atoms with Crippen molar-refractivity contribution in [1.29, 1.82) is 0 Å². The molecular weight excluding hydrogens is 502 g/mol. The maximum absolute atomic E-state index is 13.4. The molecule has 3 aromatic rings. The molecule has 2 N–H and O–H groups in total. The van der Waals surface area contributed by atoms with E-state index in [-0.39, 0.29) is 35.3 Å². The molecule has 2 aromatic heterocycles. The fourth-order valence-corrected chi connectivity index (χ4v) is 5.64. The Hall–Kier alpha value is -2.80. The van der Waals surface area contributed by atoms with Crippen molar-refractivity contribution in [2.45, 2.75) is 49.6 Å². The molecule has 190 valence electrons. The van der Waals surface area contributed by atoms with Gasteiger partial charge in [-0.1, -0.05) is 11.8 Å². The number of aromatic nitrogens is 3. The van der Waals surface area contributed by atoms with Gasteiger partial charge in [0, 0.05) is 36.9 Å². The lowest BCUT2D eigenvalue weighted by Gasteiger charge is -2.17. The molecule has 4 heterocycles. The largest absolute Gasteiger partial charge is 0.376 e. The number of anilines is 1. The summed E-state index contributed by atoms with van der Waals surface area (Å²) in [6, 6.07) is 4.90. The van der Waals surface area contributed by atoms with Crippen molar-refractivity contribution in [3.63, 3.8) is 0 Å². The minimum absolute atomic E-state index is 0.0380. The summed E-state index contributed by atoms with van der Waals surface area (Å²) in [6.45, 7) is 2.20. The second-order valence-corrected chi connectivity index (χ2v) is 10.5. The molecule has 10 nitrogen and oxygen atoms in total. The Labute approximate surface area is 215 Å². The highest BCUT2D eigenvalue weighted by Gasteiger charge is 2.22. The number of thioether (sulfide) groups is 1. The van der Waals surface area contributed by atoms with Gasteiger partial charge in [-0.15, -0.1) is 11.3 Å². The van der Waals surface area contributed by atoms with Gasteiger partial charge in [0.25, 0.3) is 11.5 Å². The number of amides is 2. The molecule has 2 fully saturated rings. The second-order valence-electron chi connectivity index (χ2n) is 8.70. The fourth-order valence-electron chi connectivity index (χ4n) is 4.29. The van der Waals surface area contributed by atoms with Gasteiger partial charge in [0.1, 0.15) is 0 Å². The van der Waals surface area contributed by atoms with Gasteiger partial charge in [-0.2, -0.15) is 0 Å². The van der Waals surface area contributed by atoms with Crippen LogP contribution in [0, 0.1) is 0 Å². The molecule has 0 spiro atoms. The third-order valence-corrected chi connectivity index (χ3v) is 7.78. The fraction of sp³-hybridized carbons (Fsp3) is 0.458. The van der Waals surface area contributed by atoms with Gasteiger partial charge in [0.05, 0.1) is 35.4 Å². The molecule has 2 amide bonds. The number of hydrogen-bond acceptors (Lipinski definition) is 9.